The molecule has 1 aromatic carbocycles. The number of nitriles is 1. The van der Waals surface area contributed by atoms with Gasteiger partial charge in [-0.15, -0.1) is 11.3 Å². The number of nitrogens with one attached hydrogen (secondary N) is 1. The van der Waals surface area contributed by atoms with Crippen LogP contribution in [0.5, 0.6) is 0 Å². The highest BCUT2D eigenvalue weighted by Crippen LogP contribution is 2.29. The molecule has 0 bridgehead atoms. The fourth-order valence-electron chi connectivity index (χ4n) is 1.37. The van der Waals surface area contributed by atoms with Gasteiger partial charge in [-0.25, -0.2) is 0 Å². The van der Waals surface area contributed by atoms with E-state index in [4.69, 9.17) is 11.0 Å². The second kappa shape index (κ2) is 4.25. The van der Waals surface area contributed by atoms with Gasteiger partial charge in [0.2, 0.25) is 0 Å². The van der Waals surface area contributed by atoms with Gasteiger partial charge in [-0.1, -0.05) is 0 Å². The maximum absolute atomic E-state index is 8.73. The quantitative estimate of drug-likeness (QED) is 0.777. The Morgan fingerprint density at radius 3 is 2.75 bits per heavy atom. The molecule has 2 aromatic rings. The highest BCUT2D eigenvalue weighted by molar-refractivity contribution is 7.14. The summed E-state index contributed by atoms with van der Waals surface area (Å²) in [5, 5.41) is 15.1. The van der Waals surface area contributed by atoms with E-state index in [0.29, 0.717) is 11.3 Å². The predicted molar refractivity (Wildman–Crippen MR) is 67.9 cm³/mol. The zero-order valence-electron chi connectivity index (χ0n) is 8.82. The molecule has 0 aliphatic rings. The van der Waals surface area contributed by atoms with Crippen LogP contribution < -0.4 is 11.1 Å². The van der Waals surface area contributed by atoms with Gasteiger partial charge in [0.1, 0.15) is 0 Å². The smallest absolute Gasteiger partial charge is 0.0992 e. The molecule has 0 saturated heterocycles. The number of aryl methyl sites for hydroxylation is 1. The van der Waals surface area contributed by atoms with Gasteiger partial charge >= 0.3 is 0 Å². The Bertz CT molecular complexity index is 552. The van der Waals surface area contributed by atoms with Crippen LogP contribution in [-0.4, -0.2) is 0 Å². The minimum absolute atomic E-state index is 0.575. The van der Waals surface area contributed by atoms with Crippen molar-refractivity contribution in [2.75, 3.05) is 11.1 Å². The van der Waals surface area contributed by atoms with Crippen LogP contribution in [0.25, 0.3) is 0 Å². The third-order valence-electron chi connectivity index (χ3n) is 2.29. The lowest BCUT2D eigenvalue weighted by Gasteiger charge is -2.08. The molecule has 16 heavy (non-hydrogen) atoms. The summed E-state index contributed by atoms with van der Waals surface area (Å²) in [5.41, 5.74) is 9.05. The number of anilines is 3. The summed E-state index contributed by atoms with van der Waals surface area (Å²) in [5.74, 6) is 0. The molecule has 0 saturated carbocycles. The Hall–Kier alpha value is -1.99. The molecular weight excluding hydrogens is 218 g/mol. The van der Waals surface area contributed by atoms with Gasteiger partial charge in [0.15, 0.2) is 0 Å². The van der Waals surface area contributed by atoms with Crippen molar-refractivity contribution >= 4 is 27.7 Å². The number of hydrogen-bond acceptors (Lipinski definition) is 4. The first-order valence-electron chi connectivity index (χ1n) is 4.81. The molecular formula is C12H11N3S. The summed E-state index contributed by atoms with van der Waals surface area (Å²) in [6.07, 6.45) is 0. The summed E-state index contributed by atoms with van der Waals surface area (Å²) in [6.45, 7) is 2.04. The van der Waals surface area contributed by atoms with Crippen molar-refractivity contribution in [2.45, 2.75) is 6.92 Å². The van der Waals surface area contributed by atoms with Crippen molar-refractivity contribution in [3.63, 3.8) is 0 Å². The molecule has 0 spiro atoms. The molecule has 0 fully saturated rings. The van der Waals surface area contributed by atoms with Crippen molar-refractivity contribution in [1.29, 1.82) is 5.26 Å². The van der Waals surface area contributed by atoms with Crippen molar-refractivity contribution in [3.05, 3.63) is 40.8 Å². The van der Waals surface area contributed by atoms with Crippen molar-refractivity contribution in [1.82, 2.24) is 0 Å². The third-order valence-corrected chi connectivity index (χ3v) is 3.22. The number of hydrogen-bond donors (Lipinski definition) is 2. The number of benzene rings is 1. The zero-order valence-corrected chi connectivity index (χ0v) is 9.64. The van der Waals surface area contributed by atoms with E-state index in [1.165, 1.54) is 5.56 Å². The molecule has 0 aliphatic carbocycles. The second-order valence-corrected chi connectivity index (χ2v) is 4.39. The molecule has 1 heterocycles. The SMILES string of the molecule is Cc1ccsc1Nc1ccc(C#N)cc1N. The molecule has 0 aliphatic heterocycles. The molecule has 2 rings (SSSR count). The van der Waals surface area contributed by atoms with Gasteiger partial charge in [-0.05, 0) is 42.1 Å². The standard InChI is InChI=1S/C12H11N3S/c1-8-4-5-16-12(8)15-11-3-2-9(7-13)6-10(11)14/h2-6,15H,14H2,1H3. The van der Waals surface area contributed by atoms with Gasteiger partial charge in [-0.2, -0.15) is 5.26 Å². The van der Waals surface area contributed by atoms with Crippen LogP contribution in [-0.2, 0) is 0 Å². The van der Waals surface area contributed by atoms with Gasteiger partial charge in [0.05, 0.1) is 28.0 Å². The molecule has 3 N–H and O–H groups in total. The van der Waals surface area contributed by atoms with Gasteiger partial charge in [0.25, 0.3) is 0 Å². The van der Waals surface area contributed by atoms with Crippen molar-refractivity contribution in [2.24, 2.45) is 0 Å². The maximum Gasteiger partial charge on any atom is 0.0992 e. The van der Waals surface area contributed by atoms with E-state index in [9.17, 15) is 0 Å². The lowest BCUT2D eigenvalue weighted by Crippen LogP contribution is -1.96. The number of rotatable bonds is 2. The van der Waals surface area contributed by atoms with Crippen LogP contribution >= 0.6 is 11.3 Å². The molecule has 80 valence electrons. The first kappa shape index (κ1) is 10.5. The monoisotopic (exact) mass is 229 g/mol. The fraction of sp³-hybridized carbons (Fsp3) is 0.0833. The lowest BCUT2D eigenvalue weighted by atomic mass is 10.2. The largest absolute Gasteiger partial charge is 0.397 e. The number of nitrogen functional groups attached to an aromatic ring is 1. The first-order chi connectivity index (χ1) is 7.70. The molecule has 0 amide bonds. The topological polar surface area (TPSA) is 61.8 Å². The van der Waals surface area contributed by atoms with E-state index in [1.54, 1.807) is 23.5 Å². The van der Waals surface area contributed by atoms with Crippen LogP contribution in [0.1, 0.15) is 11.1 Å². The number of nitrogens with two attached hydrogens (primary N) is 1. The molecule has 0 atom stereocenters. The van der Waals surface area contributed by atoms with E-state index in [1.807, 2.05) is 24.4 Å². The maximum atomic E-state index is 8.73. The van der Waals surface area contributed by atoms with Crippen LogP contribution in [0.15, 0.2) is 29.6 Å². The highest BCUT2D eigenvalue weighted by Gasteiger charge is 2.04. The van der Waals surface area contributed by atoms with E-state index in [2.05, 4.69) is 11.4 Å². The van der Waals surface area contributed by atoms with E-state index in [0.717, 1.165) is 10.7 Å². The minimum atomic E-state index is 0.575. The lowest BCUT2D eigenvalue weighted by molar-refractivity contribution is 1.47. The Balaban J connectivity index is 2.30. The van der Waals surface area contributed by atoms with Crippen molar-refractivity contribution in [3.8, 4) is 6.07 Å². The highest BCUT2D eigenvalue weighted by atomic mass is 32.1. The van der Waals surface area contributed by atoms with Crippen molar-refractivity contribution < 1.29 is 0 Å². The average Bonchev–Trinajstić information content (AvgIpc) is 2.67. The van der Waals surface area contributed by atoms with E-state index >= 15 is 0 Å². The van der Waals surface area contributed by atoms with Gasteiger partial charge in [-0.3, -0.25) is 0 Å². The van der Waals surface area contributed by atoms with Crippen LogP contribution in [0, 0.1) is 18.3 Å². The van der Waals surface area contributed by atoms with Crippen LogP contribution in [0.3, 0.4) is 0 Å². The predicted octanol–water partition coefficient (Wildman–Crippen LogP) is 3.25. The third kappa shape index (κ3) is 2.00. The molecule has 3 nitrogen and oxygen atoms in total. The number of nitrogens with zero attached hydrogens (tertiary/aromatic N) is 1. The second-order valence-electron chi connectivity index (χ2n) is 3.47. The summed E-state index contributed by atoms with van der Waals surface area (Å²) in [7, 11) is 0. The van der Waals surface area contributed by atoms with E-state index < -0.39 is 0 Å². The van der Waals surface area contributed by atoms with Gasteiger partial charge < -0.3 is 11.1 Å². The summed E-state index contributed by atoms with van der Waals surface area (Å²) in [6, 6.07) is 9.36. The average molecular weight is 229 g/mol. The Morgan fingerprint density at radius 2 is 2.19 bits per heavy atom. The molecule has 1 aromatic heterocycles. The molecule has 4 heteroatoms. The Kier molecular flexibility index (Phi) is 2.80. The minimum Gasteiger partial charge on any atom is -0.397 e. The van der Waals surface area contributed by atoms with Crippen LogP contribution in [0.4, 0.5) is 16.4 Å². The van der Waals surface area contributed by atoms with Crippen LogP contribution in [0.2, 0.25) is 0 Å². The normalized spacial score (nSPS) is 9.75. The zero-order chi connectivity index (χ0) is 11.5. The van der Waals surface area contributed by atoms with Gasteiger partial charge in [0, 0.05) is 0 Å². The fourth-order valence-corrected chi connectivity index (χ4v) is 2.20. The Morgan fingerprint density at radius 1 is 1.38 bits per heavy atom. The number of thiophene rings is 1. The molecule has 0 radical (unpaired) electrons. The first-order valence-corrected chi connectivity index (χ1v) is 5.69. The van der Waals surface area contributed by atoms with E-state index in [-0.39, 0.29) is 0 Å². The summed E-state index contributed by atoms with van der Waals surface area (Å²) < 4.78 is 0. The summed E-state index contributed by atoms with van der Waals surface area (Å²) >= 11 is 1.63. The summed E-state index contributed by atoms with van der Waals surface area (Å²) in [4.78, 5) is 0. The molecule has 0 unspecified atom stereocenters. The Labute approximate surface area is 98.1 Å².